The van der Waals surface area contributed by atoms with Gasteiger partial charge < -0.3 is 10.4 Å². The average molecular weight is 330 g/mol. The Kier molecular flexibility index (Phi) is 5.65. The summed E-state index contributed by atoms with van der Waals surface area (Å²) in [6.45, 7) is 0.262. The summed E-state index contributed by atoms with van der Waals surface area (Å²) in [4.78, 5) is 25.0. The van der Waals surface area contributed by atoms with Crippen molar-refractivity contribution in [2.24, 2.45) is 0 Å². The van der Waals surface area contributed by atoms with Gasteiger partial charge >= 0.3 is 5.97 Å². The fourth-order valence-corrected chi connectivity index (χ4v) is 2.41. The number of hydrogen-bond donors (Lipinski definition) is 2. The summed E-state index contributed by atoms with van der Waals surface area (Å²) in [7, 11) is 3.49. The molecular formula is C18H19FN2O3. The Labute approximate surface area is 139 Å². The minimum atomic E-state index is -0.996. The highest BCUT2D eigenvalue weighted by molar-refractivity contribution is 5.87. The van der Waals surface area contributed by atoms with E-state index in [9.17, 15) is 14.0 Å². The van der Waals surface area contributed by atoms with Gasteiger partial charge in [-0.3, -0.25) is 9.69 Å². The van der Waals surface area contributed by atoms with E-state index in [2.05, 4.69) is 5.32 Å². The normalized spacial score (nSPS) is 12.0. The monoisotopic (exact) mass is 330 g/mol. The highest BCUT2D eigenvalue weighted by Gasteiger charge is 2.23. The standard InChI is InChI=1S/C18H19FN2O3/c1-21(2)16(14-4-3-5-15(19)10-14)17(22)20-11-12-6-8-13(9-7-12)18(23)24/h3-10,16H,11H2,1-2H3,(H,20,22)(H,23,24). The van der Waals surface area contributed by atoms with Gasteiger partial charge in [-0.2, -0.15) is 0 Å². The van der Waals surface area contributed by atoms with Gasteiger partial charge in [0.2, 0.25) is 5.91 Å². The zero-order valence-electron chi connectivity index (χ0n) is 13.5. The molecule has 0 saturated heterocycles. The van der Waals surface area contributed by atoms with E-state index in [-0.39, 0.29) is 18.0 Å². The third-order valence-corrected chi connectivity index (χ3v) is 3.60. The number of nitrogens with one attached hydrogen (secondary N) is 1. The van der Waals surface area contributed by atoms with Crippen LogP contribution >= 0.6 is 0 Å². The summed E-state index contributed by atoms with van der Waals surface area (Å²) in [5, 5.41) is 11.7. The van der Waals surface area contributed by atoms with Crippen LogP contribution < -0.4 is 5.32 Å². The predicted octanol–water partition coefficient (Wildman–Crippen LogP) is 2.44. The highest BCUT2D eigenvalue weighted by atomic mass is 19.1. The number of carbonyl (C=O) groups is 2. The highest BCUT2D eigenvalue weighted by Crippen LogP contribution is 2.19. The van der Waals surface area contributed by atoms with Gasteiger partial charge in [-0.1, -0.05) is 24.3 Å². The van der Waals surface area contributed by atoms with Gasteiger partial charge in [0.15, 0.2) is 0 Å². The lowest BCUT2D eigenvalue weighted by Crippen LogP contribution is -2.36. The Balaban J connectivity index is 2.07. The molecule has 0 bridgehead atoms. The van der Waals surface area contributed by atoms with Crippen molar-refractivity contribution < 1.29 is 19.1 Å². The number of aromatic carboxylic acids is 1. The van der Waals surface area contributed by atoms with Crippen molar-refractivity contribution in [1.82, 2.24) is 10.2 Å². The molecule has 0 saturated carbocycles. The third-order valence-electron chi connectivity index (χ3n) is 3.60. The maximum Gasteiger partial charge on any atom is 0.335 e. The molecule has 6 heteroatoms. The number of likely N-dealkylation sites (N-methyl/N-ethyl adjacent to an activating group) is 1. The summed E-state index contributed by atoms with van der Waals surface area (Å²) >= 11 is 0. The molecule has 2 rings (SSSR count). The lowest BCUT2D eigenvalue weighted by Gasteiger charge is -2.24. The van der Waals surface area contributed by atoms with Crippen molar-refractivity contribution in [3.05, 3.63) is 71.0 Å². The van der Waals surface area contributed by atoms with Gasteiger partial charge in [0.05, 0.1) is 5.56 Å². The van der Waals surface area contributed by atoms with Gasteiger partial charge in [-0.25, -0.2) is 9.18 Å². The fraction of sp³-hybridized carbons (Fsp3) is 0.222. The fourth-order valence-electron chi connectivity index (χ4n) is 2.41. The van der Waals surface area contributed by atoms with Crippen LogP contribution in [0.15, 0.2) is 48.5 Å². The summed E-state index contributed by atoms with van der Waals surface area (Å²) in [6.07, 6.45) is 0. The molecule has 1 unspecified atom stereocenters. The van der Waals surface area contributed by atoms with Crippen LogP contribution in [0.2, 0.25) is 0 Å². The zero-order valence-corrected chi connectivity index (χ0v) is 13.5. The van der Waals surface area contributed by atoms with E-state index in [1.54, 1.807) is 43.3 Å². The second-order valence-electron chi connectivity index (χ2n) is 5.64. The van der Waals surface area contributed by atoms with Crippen LogP contribution in [0.5, 0.6) is 0 Å². The molecule has 2 aromatic carbocycles. The van der Waals surface area contributed by atoms with E-state index in [1.807, 2.05) is 0 Å². The van der Waals surface area contributed by atoms with E-state index in [1.165, 1.54) is 24.3 Å². The number of rotatable bonds is 6. The van der Waals surface area contributed by atoms with Gasteiger partial charge in [-0.05, 0) is 49.5 Å². The first-order valence-electron chi connectivity index (χ1n) is 7.40. The quantitative estimate of drug-likeness (QED) is 0.853. The number of benzene rings is 2. The zero-order chi connectivity index (χ0) is 17.7. The molecule has 126 valence electrons. The maximum absolute atomic E-state index is 13.4. The lowest BCUT2D eigenvalue weighted by molar-refractivity contribution is -0.125. The molecule has 0 radical (unpaired) electrons. The largest absolute Gasteiger partial charge is 0.478 e. The van der Waals surface area contributed by atoms with Gasteiger partial charge in [-0.15, -0.1) is 0 Å². The molecule has 0 aliphatic heterocycles. The molecule has 1 atom stereocenters. The number of carboxylic acids is 1. The molecule has 0 aliphatic carbocycles. The van der Waals surface area contributed by atoms with Gasteiger partial charge in [0.25, 0.3) is 0 Å². The SMILES string of the molecule is CN(C)C(C(=O)NCc1ccc(C(=O)O)cc1)c1cccc(F)c1. The predicted molar refractivity (Wildman–Crippen MR) is 88.1 cm³/mol. The Morgan fingerprint density at radius 3 is 2.38 bits per heavy atom. The van der Waals surface area contributed by atoms with Gasteiger partial charge in [0, 0.05) is 6.54 Å². The van der Waals surface area contributed by atoms with Crippen LogP contribution in [-0.2, 0) is 11.3 Å². The molecule has 0 heterocycles. The molecule has 1 amide bonds. The van der Waals surface area contributed by atoms with E-state index in [0.29, 0.717) is 5.56 Å². The third kappa shape index (κ3) is 4.39. The minimum Gasteiger partial charge on any atom is -0.478 e. The first kappa shape index (κ1) is 17.6. The number of nitrogens with zero attached hydrogens (tertiary/aromatic N) is 1. The van der Waals surface area contributed by atoms with Crippen LogP contribution in [0, 0.1) is 5.82 Å². The smallest absolute Gasteiger partial charge is 0.335 e. The van der Waals surface area contributed by atoms with E-state index in [4.69, 9.17) is 5.11 Å². The number of carboxylic acid groups (broad SMARTS) is 1. The second kappa shape index (κ2) is 7.70. The van der Waals surface area contributed by atoms with Crippen LogP contribution in [0.3, 0.4) is 0 Å². The number of halogens is 1. The Morgan fingerprint density at radius 2 is 1.83 bits per heavy atom. The Bertz CT molecular complexity index is 729. The van der Waals surface area contributed by atoms with Crippen molar-refractivity contribution in [2.45, 2.75) is 12.6 Å². The van der Waals surface area contributed by atoms with Crippen molar-refractivity contribution in [3.8, 4) is 0 Å². The first-order chi connectivity index (χ1) is 11.4. The molecule has 2 aromatic rings. The van der Waals surface area contributed by atoms with Gasteiger partial charge in [0.1, 0.15) is 11.9 Å². The average Bonchev–Trinajstić information content (AvgIpc) is 2.53. The van der Waals surface area contributed by atoms with Crippen molar-refractivity contribution in [3.63, 3.8) is 0 Å². The van der Waals surface area contributed by atoms with Crippen molar-refractivity contribution in [2.75, 3.05) is 14.1 Å². The maximum atomic E-state index is 13.4. The molecule has 2 N–H and O–H groups in total. The molecular weight excluding hydrogens is 311 g/mol. The van der Waals surface area contributed by atoms with E-state index >= 15 is 0 Å². The number of carbonyl (C=O) groups excluding carboxylic acids is 1. The van der Waals surface area contributed by atoms with Crippen LogP contribution in [0.25, 0.3) is 0 Å². The van der Waals surface area contributed by atoms with Crippen LogP contribution in [0.1, 0.15) is 27.5 Å². The molecule has 0 fully saturated rings. The number of hydrogen-bond acceptors (Lipinski definition) is 3. The van der Waals surface area contributed by atoms with E-state index < -0.39 is 17.8 Å². The van der Waals surface area contributed by atoms with Crippen molar-refractivity contribution in [1.29, 1.82) is 0 Å². The summed E-state index contributed by atoms with van der Waals surface area (Å²) in [5.74, 6) is -1.64. The minimum absolute atomic E-state index is 0.191. The van der Waals surface area contributed by atoms with Crippen LogP contribution in [-0.4, -0.2) is 36.0 Å². The second-order valence-corrected chi connectivity index (χ2v) is 5.64. The topological polar surface area (TPSA) is 69.6 Å². The molecule has 0 aliphatic rings. The lowest BCUT2D eigenvalue weighted by atomic mass is 10.0. The first-order valence-corrected chi connectivity index (χ1v) is 7.40. The molecule has 0 aromatic heterocycles. The van der Waals surface area contributed by atoms with Crippen molar-refractivity contribution >= 4 is 11.9 Å². The molecule has 24 heavy (non-hydrogen) atoms. The summed E-state index contributed by atoms with van der Waals surface area (Å²) in [6, 6.07) is 11.6. The van der Waals surface area contributed by atoms with E-state index in [0.717, 1.165) is 5.56 Å². The molecule has 0 spiro atoms. The van der Waals surface area contributed by atoms with Crippen LogP contribution in [0.4, 0.5) is 4.39 Å². The Hall–Kier alpha value is -2.73. The summed E-state index contributed by atoms with van der Waals surface area (Å²) in [5.41, 5.74) is 1.54. The number of amides is 1. The summed E-state index contributed by atoms with van der Waals surface area (Å²) < 4.78 is 13.4. The molecule has 5 nitrogen and oxygen atoms in total. The Morgan fingerprint density at radius 1 is 1.17 bits per heavy atom.